The average Bonchev–Trinajstić information content (AvgIpc) is 2.57. The number of hydrogen-bond acceptors (Lipinski definition) is 3. The quantitative estimate of drug-likeness (QED) is 0.750. The molecule has 0 saturated carbocycles. The van der Waals surface area contributed by atoms with Crippen molar-refractivity contribution in [1.29, 1.82) is 5.26 Å². The van der Waals surface area contributed by atoms with Crippen molar-refractivity contribution in [2.45, 2.75) is 25.9 Å². The van der Waals surface area contributed by atoms with Crippen molar-refractivity contribution in [2.24, 2.45) is 0 Å². The molecule has 0 spiro atoms. The fourth-order valence-electron chi connectivity index (χ4n) is 1.27. The fraction of sp³-hybridized carbons (Fsp3) is 0.556. The van der Waals surface area contributed by atoms with Gasteiger partial charge in [-0.15, -0.1) is 0 Å². The smallest absolute Gasteiger partial charge is 0.123 e. The van der Waals surface area contributed by atoms with Gasteiger partial charge in [-0.05, 0) is 13.5 Å². The minimum Gasteiger partial charge on any atom is -0.317 e. The Hall–Kier alpha value is -1.34. The van der Waals surface area contributed by atoms with Crippen LogP contribution >= 0.6 is 0 Å². The van der Waals surface area contributed by atoms with E-state index >= 15 is 0 Å². The zero-order chi connectivity index (χ0) is 9.68. The van der Waals surface area contributed by atoms with Crippen LogP contribution in [0.2, 0.25) is 0 Å². The average molecular weight is 178 g/mol. The topological polar surface area (TPSA) is 53.6 Å². The SMILES string of the molecule is CCC(C#N)n1ccnc1CNC. The maximum Gasteiger partial charge on any atom is 0.123 e. The van der Waals surface area contributed by atoms with Gasteiger partial charge >= 0.3 is 0 Å². The normalized spacial score (nSPS) is 12.4. The molecule has 4 heteroatoms. The Kier molecular flexibility index (Phi) is 3.47. The first-order chi connectivity index (χ1) is 6.33. The van der Waals surface area contributed by atoms with Gasteiger partial charge < -0.3 is 9.88 Å². The molecule has 70 valence electrons. The fourth-order valence-corrected chi connectivity index (χ4v) is 1.27. The zero-order valence-electron chi connectivity index (χ0n) is 7.99. The van der Waals surface area contributed by atoms with Crippen molar-refractivity contribution in [1.82, 2.24) is 14.9 Å². The number of rotatable bonds is 4. The highest BCUT2D eigenvalue weighted by atomic mass is 15.1. The van der Waals surface area contributed by atoms with Gasteiger partial charge in [-0.2, -0.15) is 5.26 Å². The van der Waals surface area contributed by atoms with Gasteiger partial charge in [0.1, 0.15) is 11.9 Å². The van der Waals surface area contributed by atoms with Gasteiger partial charge in [0.2, 0.25) is 0 Å². The molecule has 4 nitrogen and oxygen atoms in total. The Labute approximate surface area is 78.2 Å². The Bertz CT molecular complexity index is 297. The van der Waals surface area contributed by atoms with E-state index in [-0.39, 0.29) is 6.04 Å². The van der Waals surface area contributed by atoms with E-state index in [0.717, 1.165) is 12.2 Å². The molecule has 0 fully saturated rings. The molecule has 0 aliphatic carbocycles. The van der Waals surface area contributed by atoms with Crippen molar-refractivity contribution in [2.75, 3.05) is 7.05 Å². The third-order valence-electron chi connectivity index (χ3n) is 1.96. The summed E-state index contributed by atoms with van der Waals surface area (Å²) in [5.74, 6) is 0.913. The van der Waals surface area contributed by atoms with Crippen molar-refractivity contribution >= 4 is 0 Å². The summed E-state index contributed by atoms with van der Waals surface area (Å²) in [5, 5.41) is 11.9. The second-order valence-electron chi connectivity index (χ2n) is 2.83. The lowest BCUT2D eigenvalue weighted by Gasteiger charge is -2.11. The van der Waals surface area contributed by atoms with Crippen LogP contribution in [0.4, 0.5) is 0 Å². The Morgan fingerprint density at radius 2 is 2.54 bits per heavy atom. The van der Waals surface area contributed by atoms with E-state index in [1.165, 1.54) is 0 Å². The Morgan fingerprint density at radius 1 is 1.77 bits per heavy atom. The van der Waals surface area contributed by atoms with Crippen molar-refractivity contribution < 1.29 is 0 Å². The standard InChI is InChI=1S/C9H14N4/c1-3-8(6-10)13-5-4-12-9(13)7-11-2/h4-5,8,11H,3,7H2,1-2H3. The molecule has 1 unspecified atom stereocenters. The van der Waals surface area contributed by atoms with Gasteiger partial charge in [-0.25, -0.2) is 4.98 Å². The van der Waals surface area contributed by atoms with Gasteiger partial charge in [0, 0.05) is 12.4 Å². The highest BCUT2D eigenvalue weighted by molar-refractivity contribution is 5.00. The molecule has 13 heavy (non-hydrogen) atoms. The summed E-state index contributed by atoms with van der Waals surface area (Å²) in [7, 11) is 1.87. The van der Waals surface area contributed by atoms with Crippen molar-refractivity contribution in [3.05, 3.63) is 18.2 Å². The van der Waals surface area contributed by atoms with E-state index in [9.17, 15) is 0 Å². The summed E-state index contributed by atoms with van der Waals surface area (Å²) in [6, 6.07) is 2.16. The zero-order valence-corrected chi connectivity index (χ0v) is 7.99. The summed E-state index contributed by atoms with van der Waals surface area (Å²) in [6.45, 7) is 2.70. The third kappa shape index (κ3) is 2.07. The van der Waals surface area contributed by atoms with Crippen LogP contribution in [0.15, 0.2) is 12.4 Å². The van der Waals surface area contributed by atoms with Crippen LogP contribution in [0.3, 0.4) is 0 Å². The molecule has 0 amide bonds. The first kappa shape index (κ1) is 9.75. The number of aromatic nitrogens is 2. The van der Waals surface area contributed by atoms with Gasteiger partial charge in [0.05, 0.1) is 12.6 Å². The molecule has 0 aliphatic heterocycles. The minimum absolute atomic E-state index is 0.0918. The van der Waals surface area contributed by atoms with Crippen LogP contribution in [0.1, 0.15) is 25.2 Å². The molecule has 1 atom stereocenters. The van der Waals surface area contributed by atoms with Crippen LogP contribution in [-0.2, 0) is 6.54 Å². The lowest BCUT2D eigenvalue weighted by molar-refractivity contribution is 0.555. The second kappa shape index (κ2) is 4.63. The van der Waals surface area contributed by atoms with E-state index in [1.807, 2.05) is 24.7 Å². The second-order valence-corrected chi connectivity index (χ2v) is 2.83. The minimum atomic E-state index is -0.0918. The molecule has 1 heterocycles. The Balaban J connectivity index is 2.86. The predicted octanol–water partition coefficient (Wildman–Crippen LogP) is 1.08. The monoisotopic (exact) mass is 178 g/mol. The van der Waals surface area contributed by atoms with Gasteiger partial charge in [-0.3, -0.25) is 0 Å². The summed E-state index contributed by atoms with van der Waals surface area (Å²) < 4.78 is 1.91. The third-order valence-corrected chi connectivity index (χ3v) is 1.96. The summed E-state index contributed by atoms with van der Waals surface area (Å²) >= 11 is 0. The maximum absolute atomic E-state index is 8.87. The van der Waals surface area contributed by atoms with Gasteiger partial charge in [-0.1, -0.05) is 6.92 Å². The highest BCUT2D eigenvalue weighted by Crippen LogP contribution is 2.12. The molecule has 1 N–H and O–H groups in total. The molecule has 1 aromatic heterocycles. The van der Waals surface area contributed by atoms with E-state index < -0.39 is 0 Å². The van der Waals surface area contributed by atoms with E-state index in [0.29, 0.717) is 6.54 Å². The molecule has 0 aromatic carbocycles. The van der Waals surface area contributed by atoms with Crippen LogP contribution in [0, 0.1) is 11.3 Å². The highest BCUT2D eigenvalue weighted by Gasteiger charge is 2.10. The Morgan fingerprint density at radius 3 is 3.08 bits per heavy atom. The van der Waals surface area contributed by atoms with Gasteiger partial charge in [0.15, 0.2) is 0 Å². The number of nitrogens with one attached hydrogen (secondary N) is 1. The summed E-state index contributed by atoms with van der Waals surface area (Å²) in [5.41, 5.74) is 0. The van der Waals surface area contributed by atoms with Crippen LogP contribution in [-0.4, -0.2) is 16.6 Å². The van der Waals surface area contributed by atoms with Crippen molar-refractivity contribution in [3.8, 4) is 6.07 Å². The van der Waals surface area contributed by atoms with Gasteiger partial charge in [0.25, 0.3) is 0 Å². The van der Waals surface area contributed by atoms with E-state index in [2.05, 4.69) is 16.4 Å². The molecule has 0 saturated heterocycles. The van der Waals surface area contributed by atoms with Crippen LogP contribution in [0.25, 0.3) is 0 Å². The lowest BCUT2D eigenvalue weighted by atomic mass is 10.2. The first-order valence-electron chi connectivity index (χ1n) is 4.39. The molecule has 0 radical (unpaired) electrons. The summed E-state index contributed by atoms with van der Waals surface area (Å²) in [6.07, 6.45) is 4.39. The molecular weight excluding hydrogens is 164 g/mol. The number of nitriles is 1. The lowest BCUT2D eigenvalue weighted by Crippen LogP contribution is -2.15. The summed E-state index contributed by atoms with van der Waals surface area (Å²) in [4.78, 5) is 4.17. The van der Waals surface area contributed by atoms with Crippen LogP contribution < -0.4 is 5.32 Å². The molecule has 0 aliphatic rings. The molecule has 1 rings (SSSR count). The van der Waals surface area contributed by atoms with Crippen LogP contribution in [0.5, 0.6) is 0 Å². The first-order valence-corrected chi connectivity index (χ1v) is 4.39. The molecule has 0 bridgehead atoms. The molecule has 1 aromatic rings. The molecular formula is C9H14N4. The number of imidazole rings is 1. The predicted molar refractivity (Wildman–Crippen MR) is 49.9 cm³/mol. The van der Waals surface area contributed by atoms with Crippen molar-refractivity contribution in [3.63, 3.8) is 0 Å². The number of nitrogens with zero attached hydrogens (tertiary/aromatic N) is 3. The van der Waals surface area contributed by atoms with E-state index in [4.69, 9.17) is 5.26 Å². The number of hydrogen-bond donors (Lipinski definition) is 1. The largest absolute Gasteiger partial charge is 0.317 e. The van der Waals surface area contributed by atoms with E-state index in [1.54, 1.807) is 6.20 Å². The maximum atomic E-state index is 8.87.